The van der Waals surface area contributed by atoms with Crippen LogP contribution in [0.5, 0.6) is 0 Å². The predicted octanol–water partition coefficient (Wildman–Crippen LogP) is 3.81. The molecule has 0 aliphatic rings. The number of aromatic nitrogens is 1. The van der Waals surface area contributed by atoms with Gasteiger partial charge in [0.25, 0.3) is 5.91 Å². The number of hydrogen-bond donors (Lipinski definition) is 1. The van der Waals surface area contributed by atoms with Crippen LogP contribution >= 0.6 is 38.9 Å². The summed E-state index contributed by atoms with van der Waals surface area (Å²) in [5.41, 5.74) is 0.527. The highest BCUT2D eigenvalue weighted by molar-refractivity contribution is 9.10. The SMILES string of the molecule is O=C(Nc1nccs1)c1ccc(Cl)cc1Br. The fraction of sp³-hybridized carbons (Fsp3) is 0. The molecule has 0 aliphatic carbocycles. The third-order valence-electron chi connectivity index (χ3n) is 1.83. The second-order valence-corrected chi connectivity index (χ2v) is 5.10. The highest BCUT2D eigenvalue weighted by Crippen LogP contribution is 2.22. The van der Waals surface area contributed by atoms with Crippen LogP contribution in [0.25, 0.3) is 0 Å². The van der Waals surface area contributed by atoms with Crippen molar-refractivity contribution in [3.8, 4) is 0 Å². The molecule has 0 atom stereocenters. The van der Waals surface area contributed by atoms with Gasteiger partial charge in [-0.1, -0.05) is 11.6 Å². The molecular formula is C10H6BrClN2OS. The first kappa shape index (κ1) is 11.6. The van der Waals surface area contributed by atoms with E-state index in [2.05, 4.69) is 26.2 Å². The molecule has 0 fully saturated rings. The van der Waals surface area contributed by atoms with Gasteiger partial charge in [0.1, 0.15) is 0 Å². The molecule has 2 aromatic rings. The molecule has 0 spiro atoms. The standard InChI is InChI=1S/C10H6BrClN2OS/c11-8-5-6(12)1-2-7(8)9(15)14-10-13-3-4-16-10/h1-5H,(H,13,14,15). The van der Waals surface area contributed by atoms with E-state index in [-0.39, 0.29) is 5.91 Å². The molecule has 1 aromatic carbocycles. The van der Waals surface area contributed by atoms with Crippen molar-refractivity contribution >= 4 is 49.9 Å². The molecule has 0 radical (unpaired) electrons. The summed E-state index contributed by atoms with van der Waals surface area (Å²) < 4.78 is 0.661. The van der Waals surface area contributed by atoms with Crippen molar-refractivity contribution in [2.75, 3.05) is 5.32 Å². The number of rotatable bonds is 2. The molecule has 0 bridgehead atoms. The molecule has 0 saturated carbocycles. The van der Waals surface area contributed by atoms with Gasteiger partial charge in [0.2, 0.25) is 0 Å². The lowest BCUT2D eigenvalue weighted by molar-refractivity contribution is 0.102. The largest absolute Gasteiger partial charge is 0.298 e. The molecule has 1 heterocycles. The third kappa shape index (κ3) is 2.61. The lowest BCUT2D eigenvalue weighted by Gasteiger charge is -2.04. The molecule has 2 rings (SSSR count). The average molecular weight is 318 g/mol. The minimum atomic E-state index is -0.210. The van der Waals surface area contributed by atoms with Gasteiger partial charge in [-0.2, -0.15) is 0 Å². The van der Waals surface area contributed by atoms with Crippen molar-refractivity contribution < 1.29 is 4.79 Å². The van der Waals surface area contributed by atoms with Gasteiger partial charge in [0.05, 0.1) is 5.56 Å². The van der Waals surface area contributed by atoms with Gasteiger partial charge in [-0.15, -0.1) is 11.3 Å². The van der Waals surface area contributed by atoms with E-state index in [0.29, 0.717) is 20.2 Å². The van der Waals surface area contributed by atoms with Gasteiger partial charge in [0.15, 0.2) is 5.13 Å². The van der Waals surface area contributed by atoms with Gasteiger partial charge < -0.3 is 0 Å². The Balaban J connectivity index is 2.21. The zero-order valence-corrected chi connectivity index (χ0v) is 11.1. The van der Waals surface area contributed by atoms with Gasteiger partial charge in [-0.05, 0) is 34.1 Å². The number of hydrogen-bond acceptors (Lipinski definition) is 3. The normalized spacial score (nSPS) is 10.1. The molecular weight excluding hydrogens is 312 g/mol. The van der Waals surface area contributed by atoms with Crippen molar-refractivity contribution in [2.24, 2.45) is 0 Å². The molecule has 3 nitrogen and oxygen atoms in total. The summed E-state index contributed by atoms with van der Waals surface area (Å²) >= 11 is 10.5. The van der Waals surface area contributed by atoms with E-state index in [1.54, 1.807) is 29.8 Å². The van der Waals surface area contributed by atoms with Crippen molar-refractivity contribution in [1.29, 1.82) is 0 Å². The van der Waals surface area contributed by atoms with E-state index in [4.69, 9.17) is 11.6 Å². The van der Waals surface area contributed by atoms with Crippen LogP contribution in [0.3, 0.4) is 0 Å². The molecule has 1 aromatic heterocycles. The summed E-state index contributed by atoms with van der Waals surface area (Å²) in [6.45, 7) is 0. The fourth-order valence-corrected chi connectivity index (χ4v) is 2.51. The number of benzene rings is 1. The molecule has 1 amide bonds. The average Bonchev–Trinajstić information content (AvgIpc) is 2.70. The Kier molecular flexibility index (Phi) is 3.58. The van der Waals surface area contributed by atoms with Crippen LogP contribution in [0.2, 0.25) is 5.02 Å². The molecule has 0 saturated heterocycles. The first-order valence-corrected chi connectivity index (χ1v) is 6.38. The van der Waals surface area contributed by atoms with Crippen LogP contribution in [0, 0.1) is 0 Å². The Labute approximate surface area is 110 Å². The van der Waals surface area contributed by atoms with E-state index in [1.807, 2.05) is 0 Å². The molecule has 0 aliphatic heterocycles. The minimum Gasteiger partial charge on any atom is -0.298 e. The number of thiazole rings is 1. The Morgan fingerprint density at radius 3 is 2.94 bits per heavy atom. The monoisotopic (exact) mass is 316 g/mol. The fourth-order valence-electron chi connectivity index (χ4n) is 1.12. The highest BCUT2D eigenvalue weighted by atomic mass is 79.9. The van der Waals surface area contributed by atoms with Crippen LogP contribution in [0.15, 0.2) is 34.2 Å². The second-order valence-electron chi connectivity index (χ2n) is 2.92. The van der Waals surface area contributed by atoms with E-state index in [0.717, 1.165) is 0 Å². The lowest BCUT2D eigenvalue weighted by atomic mass is 10.2. The molecule has 6 heteroatoms. The number of nitrogens with one attached hydrogen (secondary N) is 1. The number of halogens is 2. The van der Waals surface area contributed by atoms with Crippen LogP contribution in [-0.2, 0) is 0 Å². The van der Waals surface area contributed by atoms with E-state index in [1.165, 1.54) is 11.3 Å². The van der Waals surface area contributed by atoms with Gasteiger partial charge in [0, 0.05) is 21.1 Å². The molecule has 0 unspecified atom stereocenters. The second kappa shape index (κ2) is 4.95. The molecule has 1 N–H and O–H groups in total. The van der Waals surface area contributed by atoms with Crippen LogP contribution < -0.4 is 5.32 Å². The topological polar surface area (TPSA) is 42.0 Å². The van der Waals surface area contributed by atoms with Gasteiger partial charge in [-0.25, -0.2) is 4.98 Å². The third-order valence-corrected chi connectivity index (χ3v) is 3.41. The Bertz CT molecular complexity index is 516. The van der Waals surface area contributed by atoms with E-state index >= 15 is 0 Å². The lowest BCUT2D eigenvalue weighted by Crippen LogP contribution is -2.12. The minimum absolute atomic E-state index is 0.210. The van der Waals surface area contributed by atoms with Crippen molar-refractivity contribution in [2.45, 2.75) is 0 Å². The zero-order valence-electron chi connectivity index (χ0n) is 7.91. The first-order chi connectivity index (χ1) is 7.66. The number of carbonyl (C=O) groups excluding carboxylic acids is 1. The van der Waals surface area contributed by atoms with E-state index in [9.17, 15) is 4.79 Å². The van der Waals surface area contributed by atoms with E-state index < -0.39 is 0 Å². The van der Waals surface area contributed by atoms with Crippen LogP contribution in [0.1, 0.15) is 10.4 Å². The number of anilines is 1. The summed E-state index contributed by atoms with van der Waals surface area (Å²) in [5.74, 6) is -0.210. The Hall–Kier alpha value is -0.910. The van der Waals surface area contributed by atoms with Crippen LogP contribution in [0.4, 0.5) is 5.13 Å². The number of carbonyl (C=O) groups is 1. The smallest absolute Gasteiger partial charge is 0.258 e. The summed E-state index contributed by atoms with van der Waals surface area (Å²) in [7, 11) is 0. The summed E-state index contributed by atoms with van der Waals surface area (Å²) in [4.78, 5) is 15.8. The first-order valence-electron chi connectivity index (χ1n) is 4.33. The summed E-state index contributed by atoms with van der Waals surface area (Å²) in [5, 5.41) is 5.65. The van der Waals surface area contributed by atoms with Crippen LogP contribution in [-0.4, -0.2) is 10.9 Å². The van der Waals surface area contributed by atoms with Crippen molar-refractivity contribution in [3.05, 3.63) is 44.8 Å². The zero-order chi connectivity index (χ0) is 11.5. The maximum atomic E-state index is 11.8. The Morgan fingerprint density at radius 1 is 1.50 bits per heavy atom. The van der Waals surface area contributed by atoms with Crippen molar-refractivity contribution in [1.82, 2.24) is 4.98 Å². The Morgan fingerprint density at radius 2 is 2.31 bits per heavy atom. The molecule has 82 valence electrons. The maximum Gasteiger partial charge on any atom is 0.258 e. The number of nitrogens with zero attached hydrogens (tertiary/aromatic N) is 1. The van der Waals surface area contributed by atoms with Crippen molar-refractivity contribution in [3.63, 3.8) is 0 Å². The van der Waals surface area contributed by atoms with Gasteiger partial charge in [-0.3, -0.25) is 10.1 Å². The highest BCUT2D eigenvalue weighted by Gasteiger charge is 2.11. The summed E-state index contributed by atoms with van der Waals surface area (Å²) in [6.07, 6.45) is 1.64. The van der Waals surface area contributed by atoms with Gasteiger partial charge >= 0.3 is 0 Å². The predicted molar refractivity (Wildman–Crippen MR) is 69.2 cm³/mol. The molecule has 16 heavy (non-hydrogen) atoms. The maximum absolute atomic E-state index is 11.8. The summed E-state index contributed by atoms with van der Waals surface area (Å²) in [6, 6.07) is 5.01. The number of amides is 1. The quantitative estimate of drug-likeness (QED) is 0.915.